The Kier molecular flexibility index (Phi) is 10.2. The van der Waals surface area contributed by atoms with E-state index in [4.69, 9.17) is 11.6 Å². The smallest absolute Gasteiger partial charge is 0.243 e. The van der Waals surface area contributed by atoms with Gasteiger partial charge in [-0.25, -0.2) is 0 Å². The Morgan fingerprint density at radius 2 is 1.63 bits per heavy atom. The van der Waals surface area contributed by atoms with Gasteiger partial charge in [-0.05, 0) is 55.2 Å². The molecule has 4 nitrogen and oxygen atoms in total. The van der Waals surface area contributed by atoms with Crippen molar-refractivity contribution in [3.63, 3.8) is 0 Å². The van der Waals surface area contributed by atoms with Crippen LogP contribution < -0.4 is 5.32 Å². The summed E-state index contributed by atoms with van der Waals surface area (Å²) in [5, 5.41) is 3.63. The second kappa shape index (κ2) is 13.4. The van der Waals surface area contributed by atoms with E-state index in [1.54, 1.807) is 16.7 Å². The van der Waals surface area contributed by atoms with E-state index in [0.717, 1.165) is 16.9 Å². The minimum Gasteiger partial charge on any atom is -0.352 e. The molecule has 2 amide bonds. The van der Waals surface area contributed by atoms with Gasteiger partial charge in [-0.2, -0.15) is 0 Å². The van der Waals surface area contributed by atoms with Crippen LogP contribution in [0.25, 0.3) is 0 Å². The van der Waals surface area contributed by atoms with Crippen LogP contribution in [0.1, 0.15) is 36.1 Å². The molecule has 0 radical (unpaired) electrons. The van der Waals surface area contributed by atoms with Crippen molar-refractivity contribution in [2.75, 3.05) is 5.75 Å². The fraction of sp³-hybridized carbons (Fsp3) is 0.310. The molecule has 0 fully saturated rings. The quantitative estimate of drug-likeness (QED) is 0.343. The molecule has 0 heterocycles. The Hall–Kier alpha value is -2.76. The number of amides is 2. The number of rotatable bonds is 11. The highest BCUT2D eigenvalue weighted by molar-refractivity contribution is 7.99. The van der Waals surface area contributed by atoms with Gasteiger partial charge < -0.3 is 10.2 Å². The van der Waals surface area contributed by atoms with E-state index in [-0.39, 0.29) is 23.6 Å². The van der Waals surface area contributed by atoms with Crippen molar-refractivity contribution in [3.05, 3.63) is 106 Å². The van der Waals surface area contributed by atoms with E-state index in [2.05, 4.69) is 24.4 Å². The number of hydrogen-bond acceptors (Lipinski definition) is 3. The van der Waals surface area contributed by atoms with E-state index in [0.29, 0.717) is 18.0 Å². The predicted octanol–water partition coefficient (Wildman–Crippen LogP) is 6.05. The number of aryl methyl sites for hydroxylation is 1. The lowest BCUT2D eigenvalue weighted by Gasteiger charge is -2.32. The van der Waals surface area contributed by atoms with Crippen LogP contribution in [-0.2, 0) is 28.3 Å². The highest BCUT2D eigenvalue weighted by Gasteiger charge is 2.30. The summed E-state index contributed by atoms with van der Waals surface area (Å²) in [6.45, 7) is 6.25. The molecule has 0 aliphatic rings. The van der Waals surface area contributed by atoms with Gasteiger partial charge in [0.1, 0.15) is 6.04 Å². The largest absolute Gasteiger partial charge is 0.352 e. The molecule has 3 aromatic carbocycles. The number of nitrogens with zero attached hydrogens (tertiary/aromatic N) is 1. The molecule has 0 aliphatic heterocycles. The molecule has 0 aromatic heterocycles. The standard InChI is InChI=1S/C29H33ClN2O2S/c1-21(2)31-29(34)27(17-23-11-5-4-6-12-23)32(18-24-13-9-15-26(30)16-24)28(33)20-35-19-25-14-8-7-10-22(25)3/h4-16,21,27H,17-20H2,1-3H3,(H,31,34). The SMILES string of the molecule is Cc1ccccc1CSCC(=O)N(Cc1cccc(Cl)c1)C(Cc1ccccc1)C(=O)NC(C)C. The summed E-state index contributed by atoms with van der Waals surface area (Å²) in [5.74, 6) is 0.812. The summed E-state index contributed by atoms with van der Waals surface area (Å²) in [7, 11) is 0. The lowest BCUT2D eigenvalue weighted by Crippen LogP contribution is -2.52. The molecule has 35 heavy (non-hydrogen) atoms. The second-order valence-corrected chi connectivity index (χ2v) is 10.4. The molecule has 1 atom stereocenters. The van der Waals surface area contributed by atoms with Crippen LogP contribution in [0.5, 0.6) is 0 Å². The molecule has 1 unspecified atom stereocenters. The van der Waals surface area contributed by atoms with Crippen LogP contribution >= 0.6 is 23.4 Å². The van der Waals surface area contributed by atoms with Gasteiger partial charge in [0.25, 0.3) is 0 Å². The summed E-state index contributed by atoms with van der Waals surface area (Å²) in [6, 6.07) is 24.8. The van der Waals surface area contributed by atoms with Crippen molar-refractivity contribution in [2.45, 2.75) is 51.6 Å². The molecule has 0 saturated heterocycles. The number of carbonyl (C=O) groups excluding carboxylic acids is 2. The number of thioether (sulfide) groups is 1. The summed E-state index contributed by atoms with van der Waals surface area (Å²) in [4.78, 5) is 28.7. The summed E-state index contributed by atoms with van der Waals surface area (Å²) in [5.41, 5.74) is 4.32. The van der Waals surface area contributed by atoms with Crippen LogP contribution in [0.3, 0.4) is 0 Å². The molecule has 0 saturated carbocycles. The van der Waals surface area contributed by atoms with Crippen LogP contribution in [0.4, 0.5) is 0 Å². The Morgan fingerprint density at radius 1 is 0.943 bits per heavy atom. The van der Waals surface area contributed by atoms with E-state index < -0.39 is 6.04 Å². The van der Waals surface area contributed by atoms with Crippen molar-refractivity contribution in [3.8, 4) is 0 Å². The minimum atomic E-state index is -0.634. The van der Waals surface area contributed by atoms with Crippen LogP contribution in [0, 0.1) is 6.92 Å². The second-order valence-electron chi connectivity index (χ2n) is 8.94. The highest BCUT2D eigenvalue weighted by Crippen LogP contribution is 2.21. The first kappa shape index (κ1) is 26.8. The zero-order valence-electron chi connectivity index (χ0n) is 20.5. The first-order valence-electron chi connectivity index (χ1n) is 11.8. The van der Waals surface area contributed by atoms with Crippen LogP contribution in [0.15, 0.2) is 78.9 Å². The van der Waals surface area contributed by atoms with Gasteiger partial charge in [-0.15, -0.1) is 11.8 Å². The zero-order valence-corrected chi connectivity index (χ0v) is 22.1. The van der Waals surface area contributed by atoms with E-state index >= 15 is 0 Å². The van der Waals surface area contributed by atoms with E-state index in [1.165, 1.54) is 11.1 Å². The molecular weight excluding hydrogens is 476 g/mol. The van der Waals surface area contributed by atoms with Gasteiger partial charge in [-0.3, -0.25) is 9.59 Å². The van der Waals surface area contributed by atoms with Gasteiger partial charge >= 0.3 is 0 Å². The van der Waals surface area contributed by atoms with E-state index in [1.807, 2.05) is 80.6 Å². The maximum absolute atomic E-state index is 13.6. The Bertz CT molecular complexity index is 1120. The molecule has 0 spiro atoms. The fourth-order valence-corrected chi connectivity index (χ4v) is 5.07. The monoisotopic (exact) mass is 508 g/mol. The number of benzene rings is 3. The van der Waals surface area contributed by atoms with Crippen molar-refractivity contribution >= 4 is 35.2 Å². The number of hydrogen-bond donors (Lipinski definition) is 1. The highest BCUT2D eigenvalue weighted by atomic mass is 35.5. The third-order valence-corrected chi connectivity index (χ3v) is 6.89. The molecule has 3 rings (SSSR count). The average Bonchev–Trinajstić information content (AvgIpc) is 2.82. The van der Waals surface area contributed by atoms with Crippen molar-refractivity contribution in [1.82, 2.24) is 10.2 Å². The van der Waals surface area contributed by atoms with Crippen molar-refractivity contribution < 1.29 is 9.59 Å². The molecular formula is C29H33ClN2O2S. The molecule has 0 aliphatic carbocycles. The zero-order chi connectivity index (χ0) is 25.2. The topological polar surface area (TPSA) is 49.4 Å². The van der Waals surface area contributed by atoms with Gasteiger partial charge in [0.05, 0.1) is 5.75 Å². The first-order valence-corrected chi connectivity index (χ1v) is 13.4. The van der Waals surface area contributed by atoms with Crippen LogP contribution in [-0.4, -0.2) is 34.6 Å². The summed E-state index contributed by atoms with van der Waals surface area (Å²) >= 11 is 7.80. The number of nitrogens with one attached hydrogen (secondary N) is 1. The number of carbonyl (C=O) groups is 2. The average molecular weight is 509 g/mol. The molecule has 184 valence electrons. The molecule has 6 heteroatoms. The van der Waals surface area contributed by atoms with Gasteiger partial charge in [-0.1, -0.05) is 78.3 Å². The fourth-order valence-electron chi connectivity index (χ4n) is 3.87. The minimum absolute atomic E-state index is 0.0284. The normalized spacial score (nSPS) is 11.8. The molecule has 0 bridgehead atoms. The van der Waals surface area contributed by atoms with E-state index in [9.17, 15) is 9.59 Å². The van der Waals surface area contributed by atoms with Gasteiger partial charge in [0.15, 0.2) is 0 Å². The maximum Gasteiger partial charge on any atom is 0.243 e. The third kappa shape index (κ3) is 8.44. The Labute approximate surface area is 218 Å². The summed E-state index contributed by atoms with van der Waals surface area (Å²) < 4.78 is 0. The molecule has 1 N–H and O–H groups in total. The van der Waals surface area contributed by atoms with Crippen LogP contribution in [0.2, 0.25) is 5.02 Å². The lowest BCUT2D eigenvalue weighted by atomic mass is 10.0. The van der Waals surface area contributed by atoms with Crippen molar-refractivity contribution in [2.24, 2.45) is 0 Å². The molecule has 3 aromatic rings. The third-order valence-electron chi connectivity index (χ3n) is 5.69. The van der Waals surface area contributed by atoms with Crippen molar-refractivity contribution in [1.29, 1.82) is 0 Å². The summed E-state index contributed by atoms with van der Waals surface area (Å²) in [6.07, 6.45) is 0.439. The number of halogens is 1. The first-order chi connectivity index (χ1) is 16.8. The predicted molar refractivity (Wildman–Crippen MR) is 147 cm³/mol. The maximum atomic E-state index is 13.6. The Morgan fingerprint density at radius 3 is 2.31 bits per heavy atom. The Balaban J connectivity index is 1.85. The van der Waals surface area contributed by atoms with Gasteiger partial charge in [0, 0.05) is 29.8 Å². The van der Waals surface area contributed by atoms with Gasteiger partial charge in [0.2, 0.25) is 11.8 Å². The lowest BCUT2D eigenvalue weighted by molar-refractivity contribution is -0.139.